The lowest BCUT2D eigenvalue weighted by Gasteiger charge is -2.06. The molecule has 15 heavy (non-hydrogen) atoms. The van der Waals surface area contributed by atoms with Gasteiger partial charge in [0.1, 0.15) is 0 Å². The SMILES string of the molecule is COC(=O)Cc1ccc(OC)c(F)c1F. The third-order valence-corrected chi connectivity index (χ3v) is 1.91. The monoisotopic (exact) mass is 216 g/mol. The fraction of sp³-hybridized carbons (Fsp3) is 0.300. The minimum Gasteiger partial charge on any atom is -0.494 e. The molecule has 0 unspecified atom stereocenters. The van der Waals surface area contributed by atoms with Gasteiger partial charge in [0.25, 0.3) is 0 Å². The standard InChI is InChI=1S/C10H10F2O3/c1-14-7-4-3-6(5-8(13)15-2)9(11)10(7)12/h3-4H,5H2,1-2H3. The number of carbonyl (C=O) groups is 1. The molecule has 0 aromatic heterocycles. The predicted molar refractivity (Wildman–Crippen MR) is 48.6 cm³/mol. The van der Waals surface area contributed by atoms with Crippen LogP contribution < -0.4 is 4.74 Å². The van der Waals surface area contributed by atoms with E-state index in [9.17, 15) is 13.6 Å². The van der Waals surface area contributed by atoms with Gasteiger partial charge in [-0.25, -0.2) is 4.39 Å². The van der Waals surface area contributed by atoms with E-state index in [-0.39, 0.29) is 17.7 Å². The second-order valence-electron chi connectivity index (χ2n) is 2.81. The fourth-order valence-electron chi connectivity index (χ4n) is 1.09. The lowest BCUT2D eigenvalue weighted by molar-refractivity contribution is -0.139. The molecule has 0 N–H and O–H groups in total. The maximum atomic E-state index is 13.3. The first kappa shape index (κ1) is 11.4. The average Bonchev–Trinajstić information content (AvgIpc) is 2.25. The van der Waals surface area contributed by atoms with E-state index in [2.05, 4.69) is 9.47 Å². The van der Waals surface area contributed by atoms with E-state index in [0.717, 1.165) is 0 Å². The van der Waals surface area contributed by atoms with Crippen molar-refractivity contribution in [2.24, 2.45) is 0 Å². The highest BCUT2D eigenvalue weighted by atomic mass is 19.2. The maximum absolute atomic E-state index is 13.3. The van der Waals surface area contributed by atoms with Gasteiger partial charge in [-0.1, -0.05) is 6.07 Å². The summed E-state index contributed by atoms with van der Waals surface area (Å²) in [5, 5.41) is 0. The van der Waals surface area contributed by atoms with Gasteiger partial charge in [0.2, 0.25) is 5.82 Å². The van der Waals surface area contributed by atoms with Crippen LogP contribution in [0.15, 0.2) is 12.1 Å². The van der Waals surface area contributed by atoms with Crippen LogP contribution >= 0.6 is 0 Å². The molecule has 1 aromatic rings. The van der Waals surface area contributed by atoms with Crippen molar-refractivity contribution in [3.8, 4) is 5.75 Å². The maximum Gasteiger partial charge on any atom is 0.310 e. The van der Waals surface area contributed by atoms with Crippen molar-refractivity contribution in [1.29, 1.82) is 0 Å². The molecule has 0 aliphatic heterocycles. The summed E-state index contributed by atoms with van der Waals surface area (Å²) in [6, 6.07) is 2.55. The van der Waals surface area contributed by atoms with Crippen LogP contribution in [0.25, 0.3) is 0 Å². The van der Waals surface area contributed by atoms with Crippen LogP contribution in [-0.2, 0) is 16.0 Å². The zero-order valence-electron chi connectivity index (χ0n) is 8.34. The van der Waals surface area contributed by atoms with Crippen molar-refractivity contribution >= 4 is 5.97 Å². The van der Waals surface area contributed by atoms with E-state index >= 15 is 0 Å². The van der Waals surface area contributed by atoms with Crippen LogP contribution in [0.2, 0.25) is 0 Å². The highest BCUT2D eigenvalue weighted by molar-refractivity contribution is 5.72. The van der Waals surface area contributed by atoms with Gasteiger partial charge in [0.05, 0.1) is 20.6 Å². The first-order chi connectivity index (χ1) is 7.10. The molecule has 0 spiro atoms. The normalized spacial score (nSPS) is 9.87. The molecule has 0 aliphatic carbocycles. The number of carbonyl (C=O) groups excluding carboxylic acids is 1. The van der Waals surface area contributed by atoms with E-state index in [4.69, 9.17) is 0 Å². The Kier molecular flexibility index (Phi) is 3.60. The van der Waals surface area contributed by atoms with Crippen molar-refractivity contribution < 1.29 is 23.0 Å². The molecular weight excluding hydrogens is 206 g/mol. The molecular formula is C10H10F2O3. The fourth-order valence-corrected chi connectivity index (χ4v) is 1.09. The van der Waals surface area contributed by atoms with E-state index in [0.29, 0.717) is 0 Å². The minimum absolute atomic E-state index is 0.0554. The van der Waals surface area contributed by atoms with Gasteiger partial charge in [-0.3, -0.25) is 4.79 Å². The summed E-state index contributed by atoms with van der Waals surface area (Å²) >= 11 is 0. The number of esters is 1. The summed E-state index contributed by atoms with van der Waals surface area (Å²) in [6.45, 7) is 0. The van der Waals surface area contributed by atoms with Crippen molar-refractivity contribution in [1.82, 2.24) is 0 Å². The summed E-state index contributed by atoms with van der Waals surface area (Å²) in [5.74, 6) is -3.00. The van der Waals surface area contributed by atoms with Crippen LogP contribution in [-0.4, -0.2) is 20.2 Å². The average molecular weight is 216 g/mol. The Labute approximate surface area is 85.6 Å². The first-order valence-corrected chi connectivity index (χ1v) is 4.17. The number of rotatable bonds is 3. The molecule has 82 valence electrons. The Morgan fingerprint density at radius 1 is 1.27 bits per heavy atom. The number of benzene rings is 1. The van der Waals surface area contributed by atoms with E-state index in [1.54, 1.807) is 0 Å². The van der Waals surface area contributed by atoms with Crippen molar-refractivity contribution in [2.45, 2.75) is 6.42 Å². The first-order valence-electron chi connectivity index (χ1n) is 4.17. The van der Waals surface area contributed by atoms with Gasteiger partial charge < -0.3 is 9.47 Å². The third-order valence-electron chi connectivity index (χ3n) is 1.91. The van der Waals surface area contributed by atoms with Gasteiger partial charge in [0.15, 0.2) is 11.6 Å². The number of methoxy groups -OCH3 is 2. The summed E-state index contributed by atoms with van der Waals surface area (Å²) in [5.41, 5.74) is -0.0554. The topological polar surface area (TPSA) is 35.5 Å². The van der Waals surface area contributed by atoms with Crippen LogP contribution in [0.4, 0.5) is 8.78 Å². The lowest BCUT2D eigenvalue weighted by Crippen LogP contribution is -2.07. The van der Waals surface area contributed by atoms with E-state index in [1.165, 1.54) is 26.4 Å². The Morgan fingerprint density at radius 3 is 2.47 bits per heavy atom. The smallest absolute Gasteiger partial charge is 0.310 e. The van der Waals surface area contributed by atoms with Crippen LogP contribution in [0.5, 0.6) is 5.75 Å². The van der Waals surface area contributed by atoms with Crippen molar-refractivity contribution in [3.05, 3.63) is 29.3 Å². The molecule has 0 saturated heterocycles. The highest BCUT2D eigenvalue weighted by Crippen LogP contribution is 2.22. The lowest BCUT2D eigenvalue weighted by atomic mass is 10.1. The molecule has 0 amide bonds. The van der Waals surface area contributed by atoms with E-state index in [1.807, 2.05) is 0 Å². The molecule has 3 nitrogen and oxygen atoms in total. The zero-order chi connectivity index (χ0) is 11.4. The Bertz CT molecular complexity index is 377. The molecule has 1 rings (SSSR count). The van der Waals surface area contributed by atoms with Gasteiger partial charge in [-0.2, -0.15) is 4.39 Å². The number of hydrogen-bond donors (Lipinski definition) is 0. The quantitative estimate of drug-likeness (QED) is 0.721. The third kappa shape index (κ3) is 2.43. The van der Waals surface area contributed by atoms with Gasteiger partial charge in [0, 0.05) is 5.56 Å². The number of ether oxygens (including phenoxy) is 2. The molecule has 0 saturated carbocycles. The summed E-state index contributed by atoms with van der Waals surface area (Å²) in [4.78, 5) is 10.9. The molecule has 0 radical (unpaired) electrons. The Hall–Kier alpha value is -1.65. The van der Waals surface area contributed by atoms with Gasteiger partial charge in [-0.15, -0.1) is 0 Å². The zero-order valence-corrected chi connectivity index (χ0v) is 8.34. The highest BCUT2D eigenvalue weighted by Gasteiger charge is 2.16. The second-order valence-corrected chi connectivity index (χ2v) is 2.81. The molecule has 0 atom stereocenters. The Morgan fingerprint density at radius 2 is 1.93 bits per heavy atom. The van der Waals surface area contributed by atoms with Gasteiger partial charge >= 0.3 is 5.97 Å². The minimum atomic E-state index is -1.10. The molecule has 0 fully saturated rings. The molecule has 0 aliphatic rings. The second kappa shape index (κ2) is 4.72. The Balaban J connectivity index is 3.01. The van der Waals surface area contributed by atoms with Crippen LogP contribution in [0, 0.1) is 11.6 Å². The van der Waals surface area contributed by atoms with Crippen molar-refractivity contribution in [3.63, 3.8) is 0 Å². The summed E-state index contributed by atoms with van der Waals surface area (Å²) < 4.78 is 35.4. The number of hydrogen-bond acceptors (Lipinski definition) is 3. The molecule has 0 heterocycles. The summed E-state index contributed by atoms with van der Waals surface area (Å²) in [6.07, 6.45) is -0.302. The van der Waals surface area contributed by atoms with Crippen LogP contribution in [0.1, 0.15) is 5.56 Å². The largest absolute Gasteiger partial charge is 0.494 e. The summed E-state index contributed by atoms with van der Waals surface area (Å²) in [7, 11) is 2.41. The number of halogens is 2. The van der Waals surface area contributed by atoms with Gasteiger partial charge in [-0.05, 0) is 6.07 Å². The molecule has 5 heteroatoms. The van der Waals surface area contributed by atoms with Crippen molar-refractivity contribution in [2.75, 3.05) is 14.2 Å². The molecule has 1 aromatic carbocycles. The van der Waals surface area contributed by atoms with Crippen LogP contribution in [0.3, 0.4) is 0 Å². The molecule has 0 bridgehead atoms. The predicted octanol–water partition coefficient (Wildman–Crippen LogP) is 1.69. The van der Waals surface area contributed by atoms with E-state index < -0.39 is 17.6 Å².